The second-order valence-corrected chi connectivity index (χ2v) is 6.84. The number of nitrogens with zero attached hydrogens (tertiary/aromatic N) is 5. The molecule has 2 heterocycles. The van der Waals surface area contributed by atoms with Crippen molar-refractivity contribution in [2.75, 3.05) is 0 Å². The van der Waals surface area contributed by atoms with E-state index in [4.69, 9.17) is 0 Å². The largest absolute Gasteiger partial charge is 0.270 e. The summed E-state index contributed by atoms with van der Waals surface area (Å²) in [5, 5.41) is 29.1. The number of thiazole rings is 1. The zero-order chi connectivity index (χ0) is 16.7. The fourth-order valence-electron chi connectivity index (χ4n) is 2.33. The quantitative estimate of drug-likeness (QED) is 0.409. The third-order valence-electron chi connectivity index (χ3n) is 3.41. The van der Waals surface area contributed by atoms with Gasteiger partial charge in [-0.3, -0.25) is 14.5 Å². The molecule has 0 aliphatic rings. The number of hydrogen-bond donors (Lipinski definition) is 0. The molecule has 0 saturated carbocycles. The van der Waals surface area contributed by atoms with Gasteiger partial charge in [-0.25, -0.2) is 0 Å². The lowest BCUT2D eigenvalue weighted by molar-refractivity contribution is -0.384. The molecule has 0 amide bonds. The third kappa shape index (κ3) is 2.29. The van der Waals surface area contributed by atoms with Gasteiger partial charge < -0.3 is 0 Å². The number of fused-ring (bicyclic) bond motifs is 3. The lowest BCUT2D eigenvalue weighted by Gasteiger charge is -2.02. The highest BCUT2D eigenvalue weighted by Crippen LogP contribution is 2.35. The maximum absolute atomic E-state index is 10.8. The Morgan fingerprint density at radius 1 is 1.25 bits per heavy atom. The van der Waals surface area contributed by atoms with Crippen LogP contribution < -0.4 is 0 Å². The van der Waals surface area contributed by atoms with Crippen molar-refractivity contribution in [3.8, 4) is 6.07 Å². The molecule has 0 N–H and O–H groups in total. The summed E-state index contributed by atoms with van der Waals surface area (Å²) in [6.45, 7) is 0. The molecule has 0 atom stereocenters. The average Bonchev–Trinajstić information content (AvgIpc) is 3.14. The van der Waals surface area contributed by atoms with E-state index < -0.39 is 4.92 Å². The molecule has 4 aromatic rings. The van der Waals surface area contributed by atoms with Crippen LogP contribution in [0.1, 0.15) is 5.56 Å². The predicted octanol–water partition coefficient (Wildman–Crippen LogP) is 3.88. The molecular formula is C15H7N5O2S2. The van der Waals surface area contributed by atoms with Crippen molar-refractivity contribution in [2.24, 2.45) is 0 Å². The van der Waals surface area contributed by atoms with E-state index in [1.54, 1.807) is 6.07 Å². The summed E-state index contributed by atoms with van der Waals surface area (Å²) in [5.74, 6) is 0. The molecule has 4 rings (SSSR count). The first kappa shape index (κ1) is 14.6. The number of aromatic nitrogens is 3. The number of rotatable bonds is 3. The van der Waals surface area contributed by atoms with E-state index in [0.29, 0.717) is 10.1 Å². The van der Waals surface area contributed by atoms with Crippen molar-refractivity contribution in [1.82, 2.24) is 14.6 Å². The van der Waals surface area contributed by atoms with E-state index in [-0.39, 0.29) is 11.3 Å². The first-order valence-corrected chi connectivity index (χ1v) is 8.40. The highest BCUT2D eigenvalue weighted by Gasteiger charge is 2.17. The summed E-state index contributed by atoms with van der Waals surface area (Å²) in [6.07, 6.45) is 0. The van der Waals surface area contributed by atoms with Gasteiger partial charge in [0.2, 0.25) is 10.1 Å². The van der Waals surface area contributed by atoms with Crippen molar-refractivity contribution < 1.29 is 4.92 Å². The number of nitriles is 1. The van der Waals surface area contributed by atoms with Crippen LogP contribution in [0.4, 0.5) is 5.69 Å². The van der Waals surface area contributed by atoms with Crippen molar-refractivity contribution >= 4 is 44.0 Å². The van der Waals surface area contributed by atoms with Gasteiger partial charge in [0.05, 0.1) is 20.7 Å². The molecule has 0 aliphatic heterocycles. The van der Waals surface area contributed by atoms with E-state index >= 15 is 0 Å². The average molecular weight is 353 g/mol. The van der Waals surface area contributed by atoms with E-state index in [0.717, 1.165) is 15.2 Å². The third-order valence-corrected chi connectivity index (χ3v) is 5.44. The second-order valence-electron chi connectivity index (χ2n) is 4.82. The standard InChI is InChI=1S/C15H7N5O2S2/c16-8-9-7-10(20(21)22)5-6-12(9)23-14-17-18-15-19(14)11-3-1-2-4-13(11)24-15/h1-7H. The van der Waals surface area contributed by atoms with E-state index in [9.17, 15) is 15.4 Å². The zero-order valence-electron chi connectivity index (χ0n) is 11.9. The van der Waals surface area contributed by atoms with Crippen LogP contribution in [0, 0.1) is 21.4 Å². The summed E-state index contributed by atoms with van der Waals surface area (Å²) < 4.78 is 3.02. The van der Waals surface area contributed by atoms with Gasteiger partial charge in [-0.2, -0.15) is 5.26 Å². The number of hydrogen-bond acceptors (Lipinski definition) is 7. The summed E-state index contributed by atoms with van der Waals surface area (Å²) in [5.41, 5.74) is 1.12. The van der Waals surface area contributed by atoms with Gasteiger partial charge in [0.25, 0.3) is 5.69 Å². The van der Waals surface area contributed by atoms with Gasteiger partial charge >= 0.3 is 0 Å². The Kier molecular flexibility index (Phi) is 3.41. The van der Waals surface area contributed by atoms with Gasteiger partial charge in [-0.1, -0.05) is 23.5 Å². The molecule has 0 unspecified atom stereocenters. The normalized spacial score (nSPS) is 11.0. The van der Waals surface area contributed by atoms with Crippen molar-refractivity contribution in [3.63, 3.8) is 0 Å². The summed E-state index contributed by atoms with van der Waals surface area (Å²) in [6, 6.07) is 14.1. The lowest BCUT2D eigenvalue weighted by Crippen LogP contribution is -1.91. The minimum Gasteiger partial charge on any atom is -0.260 e. The number of benzene rings is 2. The highest BCUT2D eigenvalue weighted by molar-refractivity contribution is 7.99. The molecule has 0 bridgehead atoms. The Hall–Kier alpha value is -2.96. The molecular weight excluding hydrogens is 346 g/mol. The van der Waals surface area contributed by atoms with Gasteiger partial charge in [-0.05, 0) is 30.0 Å². The van der Waals surface area contributed by atoms with Crippen LogP contribution in [0.3, 0.4) is 0 Å². The maximum atomic E-state index is 10.8. The maximum Gasteiger partial charge on any atom is 0.270 e. The first-order valence-electron chi connectivity index (χ1n) is 6.76. The number of nitro benzene ring substituents is 1. The monoisotopic (exact) mass is 353 g/mol. The van der Waals surface area contributed by atoms with Gasteiger partial charge in [0, 0.05) is 17.0 Å². The van der Waals surface area contributed by atoms with Crippen LogP contribution in [-0.4, -0.2) is 19.5 Å². The molecule has 0 radical (unpaired) electrons. The Balaban J connectivity index is 1.83. The molecule has 0 spiro atoms. The Labute approximate surface area is 143 Å². The van der Waals surface area contributed by atoms with E-state index in [1.165, 1.54) is 35.2 Å². The zero-order valence-corrected chi connectivity index (χ0v) is 13.5. The number of para-hydroxylation sites is 1. The predicted molar refractivity (Wildman–Crippen MR) is 90.3 cm³/mol. The van der Waals surface area contributed by atoms with Crippen LogP contribution in [-0.2, 0) is 0 Å². The van der Waals surface area contributed by atoms with Crippen LogP contribution in [0.25, 0.3) is 15.2 Å². The Morgan fingerprint density at radius 2 is 2.08 bits per heavy atom. The SMILES string of the molecule is N#Cc1cc([N+](=O)[O-])ccc1Sc1nnc2sc3ccccc3n12. The van der Waals surface area contributed by atoms with Crippen molar-refractivity contribution in [2.45, 2.75) is 10.1 Å². The summed E-state index contributed by atoms with van der Waals surface area (Å²) >= 11 is 2.80. The molecule has 2 aromatic heterocycles. The lowest BCUT2D eigenvalue weighted by atomic mass is 10.2. The molecule has 24 heavy (non-hydrogen) atoms. The molecule has 0 fully saturated rings. The topological polar surface area (TPSA) is 97.1 Å². The molecule has 116 valence electrons. The minimum atomic E-state index is -0.517. The van der Waals surface area contributed by atoms with Gasteiger partial charge in [0.1, 0.15) is 6.07 Å². The molecule has 7 nitrogen and oxygen atoms in total. The Morgan fingerprint density at radius 3 is 2.88 bits per heavy atom. The van der Waals surface area contributed by atoms with Crippen LogP contribution in [0.5, 0.6) is 0 Å². The first-order chi connectivity index (χ1) is 11.7. The molecule has 2 aromatic carbocycles. The second kappa shape index (κ2) is 5.59. The van der Waals surface area contributed by atoms with E-state index in [2.05, 4.69) is 10.2 Å². The van der Waals surface area contributed by atoms with Gasteiger partial charge in [-0.15, -0.1) is 10.2 Å². The van der Waals surface area contributed by atoms with Crippen molar-refractivity contribution in [1.29, 1.82) is 5.26 Å². The van der Waals surface area contributed by atoms with Crippen LogP contribution >= 0.6 is 23.1 Å². The fraction of sp³-hybridized carbons (Fsp3) is 0. The van der Waals surface area contributed by atoms with E-state index in [1.807, 2.05) is 34.7 Å². The molecule has 9 heteroatoms. The van der Waals surface area contributed by atoms with Gasteiger partial charge in [0.15, 0.2) is 0 Å². The van der Waals surface area contributed by atoms with Crippen molar-refractivity contribution in [3.05, 3.63) is 58.1 Å². The summed E-state index contributed by atoms with van der Waals surface area (Å²) in [4.78, 5) is 11.7. The summed E-state index contributed by atoms with van der Waals surface area (Å²) in [7, 11) is 0. The van der Waals surface area contributed by atoms with Crippen LogP contribution in [0.2, 0.25) is 0 Å². The Bertz CT molecular complexity index is 1140. The molecule has 0 saturated heterocycles. The number of nitro groups is 1. The minimum absolute atomic E-state index is 0.108. The smallest absolute Gasteiger partial charge is 0.260 e. The number of non-ortho nitro benzene ring substituents is 1. The molecule has 0 aliphatic carbocycles. The van der Waals surface area contributed by atoms with Crippen LogP contribution in [0.15, 0.2) is 52.5 Å². The highest BCUT2D eigenvalue weighted by atomic mass is 32.2. The fourth-order valence-corrected chi connectivity index (χ4v) is 4.26.